The first-order valence-electron chi connectivity index (χ1n) is 8.55. The molecule has 27 heavy (non-hydrogen) atoms. The highest BCUT2D eigenvalue weighted by atomic mass is 32.1. The van der Waals surface area contributed by atoms with Gasteiger partial charge >= 0.3 is 0 Å². The van der Waals surface area contributed by atoms with Gasteiger partial charge in [0, 0.05) is 6.42 Å². The monoisotopic (exact) mass is 406 g/mol. The van der Waals surface area contributed by atoms with Gasteiger partial charge in [-0.05, 0) is 32.5 Å². The number of rotatable bonds is 6. The fraction of sp³-hybridized carbons (Fsp3) is 0.471. The third-order valence-corrected chi connectivity index (χ3v) is 5.84. The van der Waals surface area contributed by atoms with Crippen molar-refractivity contribution in [1.82, 2.24) is 25.1 Å². The van der Waals surface area contributed by atoms with Crippen LogP contribution in [0.15, 0.2) is 4.79 Å². The molecule has 1 amide bonds. The Morgan fingerprint density at radius 2 is 2.00 bits per heavy atom. The van der Waals surface area contributed by atoms with E-state index in [0.717, 1.165) is 11.4 Å². The lowest BCUT2D eigenvalue weighted by molar-refractivity contribution is 0.103. The summed E-state index contributed by atoms with van der Waals surface area (Å²) in [4.78, 5) is 35.4. The molecule has 0 bridgehead atoms. The molecule has 8 nitrogen and oxygen atoms in total. The number of H-pyrrole nitrogens is 1. The summed E-state index contributed by atoms with van der Waals surface area (Å²) >= 11 is 2.59. The fourth-order valence-corrected chi connectivity index (χ4v) is 4.71. The Balaban J connectivity index is 1.88. The summed E-state index contributed by atoms with van der Waals surface area (Å²) in [6.07, 6.45) is 0.823. The van der Waals surface area contributed by atoms with Crippen LogP contribution in [0.5, 0.6) is 0 Å². The number of thiophene rings is 1. The first kappa shape index (κ1) is 19.6. The van der Waals surface area contributed by atoms with Gasteiger partial charge in [-0.15, -0.1) is 21.5 Å². The molecular formula is C17H22N6O2S2. The molecule has 3 heterocycles. The van der Waals surface area contributed by atoms with E-state index in [1.165, 1.54) is 22.7 Å². The van der Waals surface area contributed by atoms with Gasteiger partial charge in [0.25, 0.3) is 11.5 Å². The van der Waals surface area contributed by atoms with Gasteiger partial charge < -0.3 is 9.88 Å². The van der Waals surface area contributed by atoms with Crippen molar-refractivity contribution in [1.29, 1.82) is 0 Å². The first-order valence-corrected chi connectivity index (χ1v) is 10.2. The van der Waals surface area contributed by atoms with Crippen LogP contribution in [0.4, 0.5) is 5.13 Å². The molecule has 0 unspecified atom stereocenters. The number of anilines is 1. The van der Waals surface area contributed by atoms with Crippen molar-refractivity contribution in [2.45, 2.75) is 33.7 Å². The second-order valence-electron chi connectivity index (χ2n) is 7.04. The maximum absolute atomic E-state index is 12.7. The quantitative estimate of drug-likeness (QED) is 0.652. The van der Waals surface area contributed by atoms with Crippen LogP contribution in [-0.4, -0.2) is 45.1 Å². The number of hydrogen-bond acceptors (Lipinski definition) is 8. The van der Waals surface area contributed by atoms with E-state index in [1.54, 1.807) is 6.92 Å². The zero-order valence-electron chi connectivity index (χ0n) is 15.9. The summed E-state index contributed by atoms with van der Waals surface area (Å²) in [6, 6.07) is 0. The van der Waals surface area contributed by atoms with Crippen molar-refractivity contribution in [3.63, 3.8) is 0 Å². The van der Waals surface area contributed by atoms with Crippen molar-refractivity contribution in [2.75, 3.05) is 19.4 Å². The van der Waals surface area contributed by atoms with Crippen molar-refractivity contribution < 1.29 is 4.79 Å². The summed E-state index contributed by atoms with van der Waals surface area (Å²) in [5.74, 6) is 0.755. The average Bonchev–Trinajstić information content (AvgIpc) is 3.10. The van der Waals surface area contributed by atoms with Crippen molar-refractivity contribution >= 4 is 43.9 Å². The van der Waals surface area contributed by atoms with Crippen LogP contribution in [0.2, 0.25) is 0 Å². The first-order chi connectivity index (χ1) is 12.7. The van der Waals surface area contributed by atoms with E-state index in [2.05, 4.69) is 39.3 Å². The van der Waals surface area contributed by atoms with Gasteiger partial charge in [0.2, 0.25) is 5.13 Å². The number of nitrogens with zero attached hydrogens (tertiary/aromatic N) is 4. The van der Waals surface area contributed by atoms with Gasteiger partial charge in [-0.2, -0.15) is 0 Å². The van der Waals surface area contributed by atoms with Crippen LogP contribution < -0.4 is 10.9 Å². The SMILES string of the molecule is Cc1c(C(=O)Nc2nnc(CC(C)C)s2)sc2nc(CN(C)C)[nH]c(=O)c12. The lowest BCUT2D eigenvalue weighted by Crippen LogP contribution is -2.18. The second-order valence-corrected chi connectivity index (χ2v) is 9.10. The zero-order valence-corrected chi connectivity index (χ0v) is 17.5. The van der Waals surface area contributed by atoms with E-state index < -0.39 is 0 Å². The van der Waals surface area contributed by atoms with E-state index in [4.69, 9.17) is 0 Å². The minimum Gasteiger partial charge on any atom is -0.309 e. The summed E-state index contributed by atoms with van der Waals surface area (Å²) in [7, 11) is 3.80. The fourth-order valence-electron chi connectivity index (χ4n) is 2.67. The molecule has 0 saturated heterocycles. The standard InChI is InChI=1S/C17H22N6O2S2/c1-8(2)6-11-21-22-17(26-11)20-15(25)13-9(3)12-14(24)18-10(7-23(4)5)19-16(12)27-13/h8H,6-7H2,1-5H3,(H,18,19,24)(H,20,22,25). The van der Waals surface area contributed by atoms with Gasteiger partial charge in [-0.3, -0.25) is 14.9 Å². The molecule has 0 spiro atoms. The Hall–Kier alpha value is -2.17. The van der Waals surface area contributed by atoms with Gasteiger partial charge in [-0.1, -0.05) is 25.2 Å². The van der Waals surface area contributed by atoms with Gasteiger partial charge in [0.1, 0.15) is 15.7 Å². The van der Waals surface area contributed by atoms with Crippen molar-refractivity contribution in [3.05, 3.63) is 31.6 Å². The number of aryl methyl sites for hydroxylation is 1. The Kier molecular flexibility index (Phi) is 5.68. The molecule has 0 aliphatic carbocycles. The van der Waals surface area contributed by atoms with E-state index >= 15 is 0 Å². The molecule has 2 N–H and O–H groups in total. The van der Waals surface area contributed by atoms with E-state index in [9.17, 15) is 9.59 Å². The number of fused-ring (bicyclic) bond motifs is 1. The maximum Gasteiger partial charge on any atom is 0.267 e. The van der Waals surface area contributed by atoms with E-state index in [0.29, 0.717) is 44.1 Å². The topological polar surface area (TPSA) is 104 Å². The molecule has 10 heteroatoms. The Labute approximate surface area is 164 Å². The Bertz CT molecular complexity index is 1030. The molecule has 3 aromatic heterocycles. The number of hydrogen-bond donors (Lipinski definition) is 2. The maximum atomic E-state index is 12.7. The summed E-state index contributed by atoms with van der Waals surface area (Å²) < 4.78 is 0. The van der Waals surface area contributed by atoms with E-state index in [1.807, 2.05) is 19.0 Å². The Morgan fingerprint density at radius 1 is 1.26 bits per heavy atom. The van der Waals surface area contributed by atoms with Crippen molar-refractivity contribution in [2.24, 2.45) is 5.92 Å². The van der Waals surface area contributed by atoms with Crippen LogP contribution >= 0.6 is 22.7 Å². The molecule has 0 atom stereocenters. The highest BCUT2D eigenvalue weighted by Crippen LogP contribution is 2.28. The normalized spacial score (nSPS) is 11.7. The molecule has 3 rings (SSSR count). The number of carbonyl (C=O) groups is 1. The predicted octanol–water partition coefficient (Wildman–Crippen LogP) is 2.66. The number of amides is 1. The molecule has 0 radical (unpaired) electrons. The average molecular weight is 407 g/mol. The molecule has 0 aromatic carbocycles. The highest BCUT2D eigenvalue weighted by Gasteiger charge is 2.20. The molecule has 0 aliphatic heterocycles. The van der Waals surface area contributed by atoms with Crippen LogP contribution in [0, 0.1) is 12.8 Å². The zero-order chi connectivity index (χ0) is 19.7. The van der Waals surface area contributed by atoms with E-state index in [-0.39, 0.29) is 11.5 Å². The second kappa shape index (κ2) is 7.83. The van der Waals surface area contributed by atoms with Gasteiger partial charge in [0.05, 0.1) is 16.8 Å². The third-order valence-electron chi connectivity index (χ3n) is 3.79. The van der Waals surface area contributed by atoms with Crippen LogP contribution in [-0.2, 0) is 13.0 Å². The van der Waals surface area contributed by atoms with Gasteiger partial charge in [-0.25, -0.2) is 4.98 Å². The summed E-state index contributed by atoms with van der Waals surface area (Å²) in [5, 5.41) is 12.7. The minimum atomic E-state index is -0.295. The highest BCUT2D eigenvalue weighted by molar-refractivity contribution is 7.21. The lowest BCUT2D eigenvalue weighted by atomic mass is 10.1. The lowest BCUT2D eigenvalue weighted by Gasteiger charge is -2.07. The minimum absolute atomic E-state index is 0.222. The third kappa shape index (κ3) is 4.40. The molecule has 0 fully saturated rings. The smallest absolute Gasteiger partial charge is 0.267 e. The molecule has 0 saturated carbocycles. The Morgan fingerprint density at radius 3 is 2.67 bits per heavy atom. The molecule has 3 aromatic rings. The van der Waals surface area contributed by atoms with Crippen LogP contribution in [0.25, 0.3) is 10.2 Å². The molecule has 144 valence electrons. The van der Waals surface area contributed by atoms with Crippen molar-refractivity contribution in [3.8, 4) is 0 Å². The largest absolute Gasteiger partial charge is 0.309 e. The number of carbonyl (C=O) groups excluding carboxylic acids is 1. The summed E-state index contributed by atoms with van der Waals surface area (Å²) in [5.41, 5.74) is 0.407. The molecule has 0 aliphatic rings. The summed E-state index contributed by atoms with van der Waals surface area (Å²) in [6.45, 7) is 6.50. The van der Waals surface area contributed by atoms with Gasteiger partial charge in [0.15, 0.2) is 0 Å². The van der Waals surface area contributed by atoms with Crippen LogP contribution in [0.3, 0.4) is 0 Å². The number of aromatic amines is 1. The predicted molar refractivity (Wildman–Crippen MR) is 109 cm³/mol. The number of nitrogens with one attached hydrogen (secondary N) is 2. The molecular weight excluding hydrogens is 384 g/mol. The number of aromatic nitrogens is 4. The van der Waals surface area contributed by atoms with Crippen LogP contribution in [0.1, 0.15) is 39.9 Å².